The number of rotatable bonds is 0. The third kappa shape index (κ3) is 1.22. The van der Waals surface area contributed by atoms with Gasteiger partial charge in [-0.15, -0.1) is 0 Å². The molecule has 0 unspecified atom stereocenters. The Bertz CT molecular complexity index is 424. The largest absolute Gasteiger partial charge is 0.314 e. The van der Waals surface area contributed by atoms with E-state index in [1.807, 2.05) is 10.6 Å². The van der Waals surface area contributed by atoms with Crippen molar-refractivity contribution in [1.82, 2.24) is 9.55 Å². The third-order valence-electron chi connectivity index (χ3n) is 2.33. The van der Waals surface area contributed by atoms with Crippen LogP contribution in [0.1, 0.15) is 24.2 Å². The van der Waals surface area contributed by atoms with Gasteiger partial charge < -0.3 is 4.57 Å². The Balaban J connectivity index is 2.64. The number of nitriles is 1. The summed E-state index contributed by atoms with van der Waals surface area (Å²) in [7, 11) is 0. The maximum atomic E-state index is 8.70. The maximum absolute atomic E-state index is 8.70. The number of hydrogen-bond donors (Lipinski definition) is 1. The predicted molar refractivity (Wildman–Crippen MR) is 45.7 cm³/mol. The molecule has 4 heteroatoms. The highest BCUT2D eigenvalue weighted by Crippen LogP contribution is 2.09. The first-order valence-electron chi connectivity index (χ1n) is 4.36. The van der Waals surface area contributed by atoms with E-state index in [-0.39, 0.29) is 0 Å². The molecule has 1 aliphatic heterocycles. The number of nitrogens with zero attached hydrogens (tertiary/aromatic N) is 3. The number of aromatic nitrogens is 2. The smallest absolute Gasteiger partial charge is 0.145 e. The van der Waals surface area contributed by atoms with E-state index in [0.29, 0.717) is 11.1 Å². The third-order valence-corrected chi connectivity index (χ3v) is 2.33. The molecule has 0 aliphatic carbocycles. The van der Waals surface area contributed by atoms with Crippen LogP contribution in [0, 0.1) is 16.7 Å². The van der Waals surface area contributed by atoms with Crippen molar-refractivity contribution in [3.63, 3.8) is 0 Å². The van der Waals surface area contributed by atoms with Crippen LogP contribution in [-0.4, -0.2) is 9.55 Å². The second kappa shape index (κ2) is 3.02. The normalized spacial score (nSPS) is 14.7. The minimum atomic E-state index is 0.312. The summed E-state index contributed by atoms with van der Waals surface area (Å²) in [5.41, 5.74) is 0.679. The number of fused-ring (bicyclic) bond motifs is 1. The molecule has 0 bridgehead atoms. The van der Waals surface area contributed by atoms with E-state index in [4.69, 9.17) is 10.7 Å². The zero-order chi connectivity index (χ0) is 9.26. The molecule has 0 fully saturated rings. The van der Waals surface area contributed by atoms with E-state index < -0.39 is 0 Å². The molecule has 0 atom stereocenters. The molecule has 2 heterocycles. The number of hydrogen-bond acceptors (Lipinski definition) is 3. The van der Waals surface area contributed by atoms with Gasteiger partial charge >= 0.3 is 0 Å². The Hall–Kier alpha value is -1.63. The summed E-state index contributed by atoms with van der Waals surface area (Å²) in [6.07, 6.45) is 4.65. The second-order valence-electron chi connectivity index (χ2n) is 3.16. The lowest BCUT2D eigenvalue weighted by atomic mass is 10.1. The van der Waals surface area contributed by atoms with E-state index in [1.54, 1.807) is 0 Å². The topological polar surface area (TPSA) is 65.5 Å². The van der Waals surface area contributed by atoms with Crippen LogP contribution in [0.25, 0.3) is 0 Å². The van der Waals surface area contributed by atoms with Crippen molar-refractivity contribution in [2.24, 2.45) is 0 Å². The molecular formula is C9H10N4. The molecule has 1 aromatic heterocycles. The van der Waals surface area contributed by atoms with Gasteiger partial charge in [-0.25, -0.2) is 4.98 Å². The standard InChI is InChI=1S/C9H10N4/c10-5-7-6-12-8-3-1-2-4-13(8)9(7)11/h6,11H,1-4H2. The summed E-state index contributed by atoms with van der Waals surface area (Å²) in [6.45, 7) is 0.830. The zero-order valence-corrected chi connectivity index (χ0v) is 7.25. The van der Waals surface area contributed by atoms with Crippen molar-refractivity contribution in [3.8, 4) is 6.07 Å². The summed E-state index contributed by atoms with van der Waals surface area (Å²) in [4.78, 5) is 4.17. The van der Waals surface area contributed by atoms with Gasteiger partial charge in [0, 0.05) is 13.0 Å². The molecule has 4 nitrogen and oxygen atoms in total. The van der Waals surface area contributed by atoms with Crippen molar-refractivity contribution in [3.05, 3.63) is 23.1 Å². The van der Waals surface area contributed by atoms with Crippen molar-refractivity contribution in [2.75, 3.05) is 0 Å². The van der Waals surface area contributed by atoms with Crippen LogP contribution in [0.5, 0.6) is 0 Å². The minimum Gasteiger partial charge on any atom is -0.314 e. The van der Waals surface area contributed by atoms with Gasteiger partial charge in [0.05, 0.1) is 6.20 Å². The lowest BCUT2D eigenvalue weighted by Crippen LogP contribution is -2.29. The summed E-state index contributed by atoms with van der Waals surface area (Å²) in [5, 5.41) is 16.4. The van der Waals surface area contributed by atoms with Gasteiger partial charge in [-0.2, -0.15) is 5.26 Å². The highest BCUT2D eigenvalue weighted by molar-refractivity contribution is 5.22. The first kappa shape index (κ1) is 7.99. The fourth-order valence-electron chi connectivity index (χ4n) is 1.62. The Morgan fingerprint density at radius 1 is 1.54 bits per heavy atom. The van der Waals surface area contributed by atoms with Gasteiger partial charge in [0.2, 0.25) is 0 Å². The Kier molecular flexibility index (Phi) is 1.85. The van der Waals surface area contributed by atoms with Gasteiger partial charge in [0.1, 0.15) is 22.9 Å². The first-order chi connectivity index (χ1) is 6.33. The quantitative estimate of drug-likeness (QED) is 0.624. The summed E-state index contributed by atoms with van der Waals surface area (Å²) < 4.78 is 1.84. The SMILES string of the molecule is N#Cc1cnc2n(c1=N)CCCC2. The Morgan fingerprint density at radius 3 is 3.15 bits per heavy atom. The van der Waals surface area contributed by atoms with E-state index in [9.17, 15) is 0 Å². The van der Waals surface area contributed by atoms with Gasteiger partial charge in [-0.3, -0.25) is 5.41 Å². The van der Waals surface area contributed by atoms with Crippen molar-refractivity contribution >= 4 is 0 Å². The van der Waals surface area contributed by atoms with Crippen molar-refractivity contribution in [1.29, 1.82) is 10.7 Å². The first-order valence-corrected chi connectivity index (χ1v) is 4.36. The van der Waals surface area contributed by atoms with Crippen LogP contribution in [0.2, 0.25) is 0 Å². The fourth-order valence-corrected chi connectivity index (χ4v) is 1.62. The van der Waals surface area contributed by atoms with Crippen LogP contribution in [0.3, 0.4) is 0 Å². The lowest BCUT2D eigenvalue weighted by Gasteiger charge is -2.17. The van der Waals surface area contributed by atoms with Gasteiger partial charge in [-0.05, 0) is 12.8 Å². The highest BCUT2D eigenvalue weighted by atomic mass is 15.1. The second-order valence-corrected chi connectivity index (χ2v) is 3.16. The average Bonchev–Trinajstić information content (AvgIpc) is 2.19. The molecule has 1 aliphatic rings. The summed E-state index contributed by atoms with van der Waals surface area (Å²) >= 11 is 0. The summed E-state index contributed by atoms with van der Waals surface area (Å²) in [5.74, 6) is 0.940. The molecule has 13 heavy (non-hydrogen) atoms. The highest BCUT2D eigenvalue weighted by Gasteiger charge is 2.11. The molecule has 0 saturated heterocycles. The molecule has 0 amide bonds. The van der Waals surface area contributed by atoms with E-state index in [2.05, 4.69) is 4.98 Å². The minimum absolute atomic E-state index is 0.312. The fraction of sp³-hybridized carbons (Fsp3) is 0.444. The average molecular weight is 174 g/mol. The molecule has 2 rings (SSSR count). The van der Waals surface area contributed by atoms with Crippen LogP contribution in [0.15, 0.2) is 6.20 Å². The predicted octanol–water partition coefficient (Wildman–Crippen LogP) is 0.571. The van der Waals surface area contributed by atoms with Crippen molar-refractivity contribution in [2.45, 2.75) is 25.8 Å². The number of aryl methyl sites for hydroxylation is 1. The molecular weight excluding hydrogens is 164 g/mol. The van der Waals surface area contributed by atoms with Gasteiger partial charge in [-0.1, -0.05) is 0 Å². The molecule has 66 valence electrons. The van der Waals surface area contributed by atoms with Crippen LogP contribution in [0.4, 0.5) is 0 Å². The molecule has 0 spiro atoms. The Labute approximate surface area is 76.0 Å². The zero-order valence-electron chi connectivity index (χ0n) is 7.25. The monoisotopic (exact) mass is 174 g/mol. The molecule has 1 aromatic rings. The molecule has 0 aromatic carbocycles. The molecule has 1 N–H and O–H groups in total. The summed E-state index contributed by atoms with van der Waals surface area (Å²) in [6, 6.07) is 1.97. The van der Waals surface area contributed by atoms with E-state index >= 15 is 0 Å². The van der Waals surface area contributed by atoms with Gasteiger partial charge in [0.25, 0.3) is 0 Å². The Morgan fingerprint density at radius 2 is 2.38 bits per heavy atom. The van der Waals surface area contributed by atoms with Crippen LogP contribution >= 0.6 is 0 Å². The molecule has 0 saturated carbocycles. The van der Waals surface area contributed by atoms with Crippen molar-refractivity contribution < 1.29 is 0 Å². The lowest BCUT2D eigenvalue weighted by molar-refractivity contribution is 0.486. The number of nitrogens with one attached hydrogen (secondary N) is 1. The van der Waals surface area contributed by atoms with Crippen LogP contribution < -0.4 is 5.49 Å². The molecule has 0 radical (unpaired) electrons. The van der Waals surface area contributed by atoms with Gasteiger partial charge in [0.15, 0.2) is 0 Å². The van der Waals surface area contributed by atoms with Crippen LogP contribution in [-0.2, 0) is 13.0 Å². The van der Waals surface area contributed by atoms with E-state index in [1.165, 1.54) is 6.20 Å². The maximum Gasteiger partial charge on any atom is 0.145 e. The van der Waals surface area contributed by atoms with E-state index in [0.717, 1.165) is 31.6 Å².